The van der Waals surface area contributed by atoms with Gasteiger partial charge in [-0.3, -0.25) is 0 Å². The molecule has 1 unspecified atom stereocenters. The molecule has 3 heterocycles. The summed E-state index contributed by atoms with van der Waals surface area (Å²) in [6, 6.07) is 2.00. The molecule has 7 nitrogen and oxygen atoms in total. The van der Waals surface area contributed by atoms with Crippen LogP contribution in [0.4, 0.5) is 51.1 Å². The summed E-state index contributed by atoms with van der Waals surface area (Å²) in [5, 5.41) is 12.1. The van der Waals surface area contributed by atoms with E-state index in [9.17, 15) is 39.5 Å². The fourth-order valence-corrected chi connectivity index (χ4v) is 6.94. The first-order valence-electron chi connectivity index (χ1n) is 15.3. The number of anilines is 2. The van der Waals surface area contributed by atoms with E-state index in [1.54, 1.807) is 0 Å². The Hall–Kier alpha value is -3.56. The van der Waals surface area contributed by atoms with Gasteiger partial charge in [-0.1, -0.05) is 11.2 Å². The van der Waals surface area contributed by atoms with Gasteiger partial charge in [-0.25, -0.2) is 0 Å². The van der Waals surface area contributed by atoms with Crippen molar-refractivity contribution in [1.82, 2.24) is 25.1 Å². The molecule has 0 radical (unpaired) electrons. The molecule has 1 fully saturated rings. The summed E-state index contributed by atoms with van der Waals surface area (Å²) < 4.78 is 126. The smallest absolute Gasteiger partial charge is 0.371 e. The molecule has 16 heteroatoms. The number of likely N-dealkylation sites (tertiary alicyclic amines) is 1. The number of alkyl halides is 9. The lowest BCUT2D eigenvalue weighted by atomic mass is 9.90. The second kappa shape index (κ2) is 12.8. The van der Waals surface area contributed by atoms with Gasteiger partial charge in [0.1, 0.15) is 0 Å². The molecule has 2 aromatic carbocycles. The van der Waals surface area contributed by atoms with E-state index < -0.39 is 47.8 Å². The summed E-state index contributed by atoms with van der Waals surface area (Å²) in [6.07, 6.45) is -12.2. The Morgan fingerprint density at radius 2 is 1.43 bits per heavy atom. The summed E-state index contributed by atoms with van der Waals surface area (Å²) in [7, 11) is 3.47. The highest BCUT2D eigenvalue weighted by molar-refractivity contribution is 5.67. The van der Waals surface area contributed by atoms with E-state index in [0.29, 0.717) is 49.3 Å². The first-order valence-corrected chi connectivity index (χ1v) is 15.3. The van der Waals surface area contributed by atoms with Crippen molar-refractivity contribution in [3.63, 3.8) is 0 Å². The molecule has 1 aromatic heterocycles. The Labute approximate surface area is 266 Å². The van der Waals surface area contributed by atoms with Crippen molar-refractivity contribution in [3.8, 4) is 0 Å². The molecule has 0 aliphatic carbocycles. The largest absolute Gasteiger partial charge is 0.416 e. The van der Waals surface area contributed by atoms with Crippen LogP contribution >= 0.6 is 0 Å². The minimum Gasteiger partial charge on any atom is -0.371 e. The van der Waals surface area contributed by atoms with Crippen LogP contribution in [0, 0.1) is 19.8 Å². The van der Waals surface area contributed by atoms with E-state index in [1.807, 2.05) is 11.9 Å². The molecule has 1 atom stereocenters. The maximum Gasteiger partial charge on any atom is 0.416 e. The number of hydrogen-bond donors (Lipinski definition) is 0. The number of piperidine rings is 1. The average Bonchev–Trinajstić information content (AvgIpc) is 3.30. The van der Waals surface area contributed by atoms with Gasteiger partial charge in [0.2, 0.25) is 0 Å². The van der Waals surface area contributed by atoms with Gasteiger partial charge in [0.25, 0.3) is 5.95 Å². The topological polar surface area (TPSA) is 53.3 Å². The molecule has 0 spiro atoms. The number of tetrazole rings is 1. The lowest BCUT2D eigenvalue weighted by Crippen LogP contribution is -2.38. The molecule has 0 bridgehead atoms. The minimum atomic E-state index is -5.06. The van der Waals surface area contributed by atoms with Crippen molar-refractivity contribution >= 4 is 11.6 Å². The Balaban J connectivity index is 1.66. The zero-order chi connectivity index (χ0) is 34.5. The van der Waals surface area contributed by atoms with Crippen molar-refractivity contribution in [2.24, 2.45) is 13.0 Å². The summed E-state index contributed by atoms with van der Waals surface area (Å²) in [5.74, 6) is 0.155. The van der Waals surface area contributed by atoms with Gasteiger partial charge in [0.15, 0.2) is 0 Å². The van der Waals surface area contributed by atoms with Gasteiger partial charge in [0, 0.05) is 25.3 Å². The maximum absolute atomic E-state index is 14.4. The summed E-state index contributed by atoms with van der Waals surface area (Å²) >= 11 is 0. The van der Waals surface area contributed by atoms with Crippen LogP contribution in [0.15, 0.2) is 24.3 Å². The number of aryl methyl sites for hydroxylation is 2. The van der Waals surface area contributed by atoms with Crippen molar-refractivity contribution in [3.05, 3.63) is 63.2 Å². The van der Waals surface area contributed by atoms with Crippen molar-refractivity contribution in [2.45, 2.75) is 70.6 Å². The first kappa shape index (κ1) is 34.8. The highest BCUT2D eigenvalue weighted by atomic mass is 19.4. The lowest BCUT2D eigenvalue weighted by molar-refractivity contribution is -0.143. The molecular formula is C31H36F9N7. The second-order valence-corrected chi connectivity index (χ2v) is 12.6. The highest BCUT2D eigenvalue weighted by Crippen LogP contribution is 2.47. The molecule has 47 heavy (non-hydrogen) atoms. The molecular weight excluding hydrogens is 641 g/mol. The van der Waals surface area contributed by atoms with Crippen LogP contribution in [-0.4, -0.2) is 58.3 Å². The molecule has 1 saturated heterocycles. The number of hydrogen-bond acceptors (Lipinski definition) is 6. The van der Waals surface area contributed by atoms with Crippen LogP contribution in [-0.2, 0) is 32.1 Å². The van der Waals surface area contributed by atoms with E-state index in [1.165, 1.54) is 31.9 Å². The molecule has 258 valence electrons. The average molecular weight is 678 g/mol. The van der Waals surface area contributed by atoms with Gasteiger partial charge >= 0.3 is 18.5 Å². The monoisotopic (exact) mass is 677 g/mol. The molecule has 0 N–H and O–H groups in total. The number of nitrogens with zero attached hydrogens (tertiary/aromatic N) is 7. The summed E-state index contributed by atoms with van der Waals surface area (Å²) in [5.41, 5.74) is -3.17. The first-order chi connectivity index (χ1) is 21.8. The number of aromatic nitrogens is 4. The Morgan fingerprint density at radius 3 is 1.96 bits per heavy atom. The van der Waals surface area contributed by atoms with Gasteiger partial charge in [0.05, 0.1) is 29.8 Å². The minimum absolute atomic E-state index is 0.0257. The van der Waals surface area contributed by atoms with Crippen LogP contribution in [0.1, 0.15) is 70.7 Å². The third-order valence-corrected chi connectivity index (χ3v) is 9.08. The summed E-state index contributed by atoms with van der Waals surface area (Å²) in [4.78, 5) is 6.72. The van der Waals surface area contributed by atoms with Crippen LogP contribution in [0.3, 0.4) is 0 Å². The fraction of sp³-hybridized carbons (Fsp3) is 0.581. The fourth-order valence-electron chi connectivity index (χ4n) is 6.94. The summed E-state index contributed by atoms with van der Waals surface area (Å²) in [6.45, 7) is 4.94. The Morgan fingerprint density at radius 1 is 0.809 bits per heavy atom. The molecule has 2 aliphatic rings. The molecule has 3 aromatic rings. The quantitative estimate of drug-likeness (QED) is 0.251. The Bertz CT molecular complexity index is 1540. The predicted molar refractivity (Wildman–Crippen MR) is 157 cm³/mol. The number of rotatable bonds is 6. The predicted octanol–water partition coefficient (Wildman–Crippen LogP) is 7.57. The van der Waals surface area contributed by atoms with Gasteiger partial charge in [-0.05, 0) is 111 Å². The van der Waals surface area contributed by atoms with Crippen molar-refractivity contribution in [1.29, 1.82) is 0 Å². The Kier molecular flexibility index (Phi) is 9.47. The van der Waals surface area contributed by atoms with Gasteiger partial charge in [-0.2, -0.15) is 44.3 Å². The van der Waals surface area contributed by atoms with Crippen LogP contribution in [0.2, 0.25) is 0 Å². The molecule has 2 aliphatic heterocycles. The van der Waals surface area contributed by atoms with E-state index in [0.717, 1.165) is 30.7 Å². The highest BCUT2D eigenvalue weighted by Gasteiger charge is 2.41. The third kappa shape index (κ3) is 7.62. The van der Waals surface area contributed by atoms with E-state index in [4.69, 9.17) is 0 Å². The zero-order valence-electron chi connectivity index (χ0n) is 26.4. The second-order valence-electron chi connectivity index (χ2n) is 12.6. The van der Waals surface area contributed by atoms with Crippen LogP contribution < -0.4 is 9.80 Å². The van der Waals surface area contributed by atoms with Crippen LogP contribution in [0.5, 0.6) is 0 Å². The molecule has 5 rings (SSSR count). The zero-order valence-corrected chi connectivity index (χ0v) is 26.4. The number of fused-ring (bicyclic) bond motifs is 1. The van der Waals surface area contributed by atoms with E-state index in [2.05, 4.69) is 20.3 Å². The third-order valence-electron chi connectivity index (χ3n) is 9.08. The maximum atomic E-state index is 14.4. The van der Waals surface area contributed by atoms with Crippen molar-refractivity contribution in [2.75, 3.05) is 43.0 Å². The SMILES string of the molecule is Cc1cc2c(c(C)c1C(F)(F)F)N(CC1CCN(C)CC1)CCCC2N(Cc1cc(C(F)(F)F)cc(C(F)(F)F)c1)c1nnn(C)n1. The van der Waals surface area contributed by atoms with E-state index in [-0.39, 0.29) is 34.6 Å². The molecule has 0 amide bonds. The van der Waals surface area contributed by atoms with Crippen molar-refractivity contribution < 1.29 is 39.5 Å². The van der Waals surface area contributed by atoms with E-state index >= 15 is 0 Å². The van der Waals surface area contributed by atoms with Gasteiger partial charge in [-0.15, -0.1) is 5.10 Å². The number of halogens is 9. The normalized spacial score (nSPS) is 18.7. The standard InChI is InChI=1S/C31H36F9N7/c1-18-12-24-25(6-5-9-46(16-20-7-10-44(3)11-8-20)27(24)19(2)26(18)31(38,39)40)47(28-41-43-45(4)42-28)17-21-13-22(29(32,33)34)15-23(14-21)30(35,36)37/h12-15,20,25H,5-11,16-17H2,1-4H3. The van der Waals surface area contributed by atoms with Crippen LogP contribution in [0.25, 0.3) is 0 Å². The lowest BCUT2D eigenvalue weighted by Gasteiger charge is -2.37. The van der Waals surface area contributed by atoms with Gasteiger partial charge < -0.3 is 14.7 Å². The number of benzene rings is 2. The molecule has 0 saturated carbocycles.